The minimum atomic E-state index is -0.394. The van der Waals surface area contributed by atoms with Crippen molar-refractivity contribution in [2.75, 3.05) is 14.2 Å². The second-order valence-electron chi connectivity index (χ2n) is 5.04. The smallest absolute Gasteiger partial charge is 0.202 e. The van der Waals surface area contributed by atoms with Gasteiger partial charge in [0.15, 0.2) is 17.3 Å². The van der Waals surface area contributed by atoms with Gasteiger partial charge in [0.25, 0.3) is 0 Å². The number of ketones is 2. The van der Waals surface area contributed by atoms with Crippen molar-refractivity contribution in [1.29, 1.82) is 0 Å². The highest BCUT2D eigenvalue weighted by molar-refractivity contribution is 6.30. The molecule has 2 aromatic carbocycles. The van der Waals surface area contributed by atoms with Gasteiger partial charge < -0.3 is 14.6 Å². The zero-order chi connectivity index (χ0) is 16.0. The van der Waals surface area contributed by atoms with Crippen molar-refractivity contribution in [2.24, 2.45) is 0 Å². The molecule has 0 bridgehead atoms. The number of hydrogen-bond donors (Lipinski definition) is 1. The standard InChI is InChI=1S/C17H14O5/c1-8-7-10-13(17(22-3)14(8)18)16(20)12-9(15(10)19)5-4-6-11(12)21-2/h4-7,18H,1-3H3. The lowest BCUT2D eigenvalue weighted by atomic mass is 9.82. The van der Waals surface area contributed by atoms with Crippen molar-refractivity contribution in [3.63, 3.8) is 0 Å². The number of aryl methyl sites for hydroxylation is 1. The second-order valence-corrected chi connectivity index (χ2v) is 5.04. The summed E-state index contributed by atoms with van der Waals surface area (Å²) in [7, 11) is 2.79. The van der Waals surface area contributed by atoms with Gasteiger partial charge in [0.2, 0.25) is 5.78 Å². The summed E-state index contributed by atoms with van der Waals surface area (Å²) in [5.41, 5.74) is 1.28. The molecule has 0 aliphatic heterocycles. The third-order valence-corrected chi connectivity index (χ3v) is 3.84. The fourth-order valence-electron chi connectivity index (χ4n) is 2.77. The molecule has 1 N–H and O–H groups in total. The topological polar surface area (TPSA) is 72.8 Å². The Kier molecular flexibility index (Phi) is 3.13. The molecule has 3 rings (SSSR count). The number of fused-ring (bicyclic) bond motifs is 2. The Morgan fingerprint density at radius 1 is 0.955 bits per heavy atom. The molecule has 0 amide bonds. The molecule has 0 unspecified atom stereocenters. The van der Waals surface area contributed by atoms with E-state index >= 15 is 0 Å². The van der Waals surface area contributed by atoms with Gasteiger partial charge in [-0.1, -0.05) is 12.1 Å². The van der Waals surface area contributed by atoms with Gasteiger partial charge in [0.1, 0.15) is 5.75 Å². The number of aromatic hydroxyl groups is 1. The van der Waals surface area contributed by atoms with Crippen LogP contribution in [0.25, 0.3) is 0 Å². The molecule has 0 saturated carbocycles. The number of phenolic OH excluding ortho intramolecular Hbond substituents is 1. The highest BCUT2D eigenvalue weighted by atomic mass is 16.5. The average molecular weight is 298 g/mol. The number of ether oxygens (including phenoxy) is 2. The fourth-order valence-corrected chi connectivity index (χ4v) is 2.77. The fraction of sp³-hybridized carbons (Fsp3) is 0.176. The monoisotopic (exact) mass is 298 g/mol. The SMILES string of the molecule is COc1cccc2c1C(=O)c1c(cc(C)c(O)c1OC)C2=O. The Morgan fingerprint density at radius 3 is 2.32 bits per heavy atom. The predicted octanol–water partition coefficient (Wildman–Crippen LogP) is 2.49. The molecule has 1 aliphatic rings. The van der Waals surface area contributed by atoms with E-state index in [2.05, 4.69) is 0 Å². The van der Waals surface area contributed by atoms with Gasteiger partial charge in [-0.05, 0) is 24.6 Å². The molecule has 112 valence electrons. The van der Waals surface area contributed by atoms with Crippen molar-refractivity contribution < 1.29 is 24.2 Å². The first-order chi connectivity index (χ1) is 10.5. The maximum Gasteiger partial charge on any atom is 0.202 e. The first-order valence-corrected chi connectivity index (χ1v) is 6.68. The number of carbonyl (C=O) groups excluding carboxylic acids is 2. The molecule has 0 fully saturated rings. The van der Waals surface area contributed by atoms with E-state index < -0.39 is 5.78 Å². The summed E-state index contributed by atoms with van der Waals surface area (Å²) in [5, 5.41) is 10.1. The van der Waals surface area contributed by atoms with Crippen LogP contribution in [0, 0.1) is 6.92 Å². The maximum absolute atomic E-state index is 12.9. The molecule has 5 nitrogen and oxygen atoms in total. The van der Waals surface area contributed by atoms with Crippen molar-refractivity contribution in [3.05, 3.63) is 52.1 Å². The van der Waals surface area contributed by atoms with Gasteiger partial charge in [-0.2, -0.15) is 0 Å². The summed E-state index contributed by atoms with van der Waals surface area (Å²) in [6.45, 7) is 1.65. The lowest BCUT2D eigenvalue weighted by molar-refractivity contribution is 0.0973. The van der Waals surface area contributed by atoms with Crippen LogP contribution < -0.4 is 9.47 Å². The number of benzene rings is 2. The summed E-state index contributed by atoms with van der Waals surface area (Å²) in [6.07, 6.45) is 0. The van der Waals surface area contributed by atoms with Gasteiger partial charge in [0.05, 0.1) is 25.3 Å². The van der Waals surface area contributed by atoms with E-state index in [1.807, 2.05) is 0 Å². The molecule has 0 spiro atoms. The van der Waals surface area contributed by atoms with Crippen LogP contribution in [0.3, 0.4) is 0 Å². The minimum Gasteiger partial charge on any atom is -0.504 e. The maximum atomic E-state index is 12.9. The molecule has 2 aromatic rings. The zero-order valence-corrected chi connectivity index (χ0v) is 12.4. The van der Waals surface area contributed by atoms with Crippen molar-refractivity contribution in [3.8, 4) is 17.2 Å². The van der Waals surface area contributed by atoms with Crippen LogP contribution in [0.15, 0.2) is 24.3 Å². The van der Waals surface area contributed by atoms with Crippen molar-refractivity contribution in [1.82, 2.24) is 0 Å². The third-order valence-electron chi connectivity index (χ3n) is 3.84. The largest absolute Gasteiger partial charge is 0.504 e. The molecular weight excluding hydrogens is 284 g/mol. The van der Waals surface area contributed by atoms with E-state index in [0.717, 1.165) is 0 Å². The molecule has 1 aliphatic carbocycles. The number of phenols is 1. The van der Waals surface area contributed by atoms with Crippen LogP contribution in [0.5, 0.6) is 17.2 Å². The van der Waals surface area contributed by atoms with Crippen LogP contribution in [0.1, 0.15) is 37.4 Å². The van der Waals surface area contributed by atoms with E-state index in [4.69, 9.17) is 9.47 Å². The molecule has 22 heavy (non-hydrogen) atoms. The molecule has 0 saturated heterocycles. The molecule has 0 radical (unpaired) electrons. The Labute approximate surface area is 127 Å². The van der Waals surface area contributed by atoms with Gasteiger partial charge in [-0.15, -0.1) is 0 Å². The quantitative estimate of drug-likeness (QED) is 0.787. The van der Waals surface area contributed by atoms with E-state index in [1.165, 1.54) is 20.3 Å². The first-order valence-electron chi connectivity index (χ1n) is 6.68. The van der Waals surface area contributed by atoms with Crippen molar-refractivity contribution >= 4 is 11.6 Å². The summed E-state index contributed by atoms with van der Waals surface area (Å²) in [4.78, 5) is 25.6. The van der Waals surface area contributed by atoms with Crippen LogP contribution in [-0.2, 0) is 0 Å². The zero-order valence-electron chi connectivity index (χ0n) is 12.4. The van der Waals surface area contributed by atoms with Gasteiger partial charge in [-0.3, -0.25) is 9.59 Å². The average Bonchev–Trinajstić information content (AvgIpc) is 2.53. The molecule has 0 aromatic heterocycles. The number of rotatable bonds is 2. The lowest BCUT2D eigenvalue weighted by Crippen LogP contribution is -2.22. The second kappa shape index (κ2) is 4.87. The Bertz CT molecular complexity index is 820. The van der Waals surface area contributed by atoms with Gasteiger partial charge in [-0.25, -0.2) is 0 Å². The normalized spacial score (nSPS) is 12.7. The third kappa shape index (κ3) is 1.72. The first kappa shape index (κ1) is 14.1. The molecule has 0 atom stereocenters. The van der Waals surface area contributed by atoms with Crippen LogP contribution in [-0.4, -0.2) is 30.9 Å². The van der Waals surface area contributed by atoms with E-state index in [9.17, 15) is 14.7 Å². The van der Waals surface area contributed by atoms with Crippen LogP contribution >= 0.6 is 0 Å². The summed E-state index contributed by atoms with van der Waals surface area (Å²) < 4.78 is 10.4. The number of methoxy groups -OCH3 is 2. The summed E-state index contributed by atoms with van der Waals surface area (Å²) >= 11 is 0. The highest BCUT2D eigenvalue weighted by Gasteiger charge is 2.36. The predicted molar refractivity (Wildman–Crippen MR) is 79.3 cm³/mol. The number of carbonyl (C=O) groups is 2. The van der Waals surface area contributed by atoms with Gasteiger partial charge in [0, 0.05) is 11.1 Å². The Morgan fingerprint density at radius 2 is 1.68 bits per heavy atom. The Hall–Kier alpha value is -2.82. The summed E-state index contributed by atoms with van der Waals surface area (Å²) in [6, 6.07) is 6.39. The summed E-state index contributed by atoms with van der Waals surface area (Å²) in [5.74, 6) is -0.478. The van der Waals surface area contributed by atoms with E-state index in [-0.39, 0.29) is 34.0 Å². The number of hydrogen-bond acceptors (Lipinski definition) is 5. The molecule has 5 heteroatoms. The van der Waals surface area contributed by atoms with E-state index in [1.54, 1.807) is 25.1 Å². The Balaban J connectivity index is 2.39. The molecule has 0 heterocycles. The van der Waals surface area contributed by atoms with Crippen LogP contribution in [0.4, 0.5) is 0 Å². The van der Waals surface area contributed by atoms with E-state index in [0.29, 0.717) is 16.9 Å². The van der Waals surface area contributed by atoms with Crippen molar-refractivity contribution in [2.45, 2.75) is 6.92 Å². The van der Waals surface area contributed by atoms with Gasteiger partial charge >= 0.3 is 0 Å². The highest BCUT2D eigenvalue weighted by Crippen LogP contribution is 2.42. The lowest BCUT2D eigenvalue weighted by Gasteiger charge is -2.22. The van der Waals surface area contributed by atoms with Crippen LogP contribution in [0.2, 0.25) is 0 Å². The molecular formula is C17H14O5. The minimum absolute atomic E-state index is 0.0184.